The van der Waals surface area contributed by atoms with Crippen molar-refractivity contribution in [2.24, 2.45) is 4.99 Å². The van der Waals surface area contributed by atoms with Crippen molar-refractivity contribution in [3.05, 3.63) is 95.5 Å². The Kier molecular flexibility index (Phi) is 4.82. The number of carbonyl (C=O) groups excluding carboxylic acids is 1. The highest BCUT2D eigenvalue weighted by molar-refractivity contribution is 6.19. The lowest BCUT2D eigenvalue weighted by Gasteiger charge is -2.27. The summed E-state index contributed by atoms with van der Waals surface area (Å²) in [6.07, 6.45) is 1.72. The third-order valence-corrected chi connectivity index (χ3v) is 5.20. The minimum atomic E-state index is -0.333. The van der Waals surface area contributed by atoms with Crippen molar-refractivity contribution < 1.29 is 9.18 Å². The third-order valence-electron chi connectivity index (χ3n) is 5.20. The molecule has 142 valence electrons. The molecular formula is C23H22FN3O. The highest BCUT2D eigenvalue weighted by Gasteiger charge is 2.44. The number of rotatable bonds is 4. The van der Waals surface area contributed by atoms with Crippen LogP contribution in [-0.2, 0) is 4.79 Å². The average Bonchev–Trinajstić information content (AvgIpc) is 2.87. The molecule has 2 aliphatic heterocycles. The Hall–Kier alpha value is -3.21. The van der Waals surface area contributed by atoms with Crippen molar-refractivity contribution in [1.82, 2.24) is 9.80 Å². The van der Waals surface area contributed by atoms with Gasteiger partial charge in [-0.15, -0.1) is 6.58 Å². The van der Waals surface area contributed by atoms with E-state index in [1.165, 1.54) is 12.1 Å². The van der Waals surface area contributed by atoms with Gasteiger partial charge in [0.15, 0.2) is 0 Å². The molecule has 2 aromatic rings. The van der Waals surface area contributed by atoms with Gasteiger partial charge in [0.1, 0.15) is 11.5 Å². The molecular weight excluding hydrogens is 353 g/mol. The van der Waals surface area contributed by atoms with Gasteiger partial charge in [-0.1, -0.05) is 48.5 Å². The van der Waals surface area contributed by atoms with Gasteiger partial charge in [-0.2, -0.15) is 0 Å². The van der Waals surface area contributed by atoms with E-state index in [4.69, 9.17) is 4.99 Å². The Morgan fingerprint density at radius 3 is 2.57 bits per heavy atom. The average molecular weight is 375 g/mol. The Labute approximate surface area is 164 Å². The predicted octanol–water partition coefficient (Wildman–Crippen LogP) is 3.58. The van der Waals surface area contributed by atoms with Crippen LogP contribution in [0, 0.1) is 5.82 Å². The van der Waals surface area contributed by atoms with Gasteiger partial charge < -0.3 is 9.80 Å². The van der Waals surface area contributed by atoms with E-state index < -0.39 is 0 Å². The van der Waals surface area contributed by atoms with E-state index in [1.54, 1.807) is 23.1 Å². The number of halogens is 1. The predicted molar refractivity (Wildman–Crippen MR) is 109 cm³/mol. The minimum Gasteiger partial charge on any atom is -0.368 e. The molecule has 1 unspecified atom stereocenters. The number of likely N-dealkylation sites (N-methyl/N-ethyl adjacent to an activating group) is 1. The van der Waals surface area contributed by atoms with E-state index in [2.05, 4.69) is 6.58 Å². The maximum atomic E-state index is 13.6. The van der Waals surface area contributed by atoms with Crippen LogP contribution < -0.4 is 0 Å². The second kappa shape index (κ2) is 7.43. The Balaban J connectivity index is 1.93. The molecule has 5 heteroatoms. The number of carbonyl (C=O) groups is 1. The van der Waals surface area contributed by atoms with Crippen LogP contribution in [0.2, 0.25) is 0 Å². The first kappa shape index (κ1) is 18.2. The number of nitrogens with zero attached hydrogens (tertiary/aromatic N) is 3. The number of hydrogen-bond donors (Lipinski definition) is 0. The highest BCUT2D eigenvalue weighted by atomic mass is 19.1. The zero-order chi connectivity index (χ0) is 19.7. The molecule has 1 atom stereocenters. The second-order valence-corrected chi connectivity index (χ2v) is 6.98. The SMILES string of the molecule is C=CCN1C(=O)C2=C(C(c3ccccc3)=NCCN2C)C1c1ccc(F)cc1. The fourth-order valence-corrected chi connectivity index (χ4v) is 3.94. The molecule has 1 amide bonds. The van der Waals surface area contributed by atoms with Crippen LogP contribution in [0.25, 0.3) is 0 Å². The standard InChI is InChI=1S/C23H22FN3O/c1-3-14-27-21(17-9-11-18(24)12-10-17)19-20(16-7-5-4-6-8-16)25-13-15-26(2)22(19)23(27)28/h3-12,21H,1,13-15H2,2H3. The summed E-state index contributed by atoms with van der Waals surface area (Å²) in [4.78, 5) is 22.0. The minimum absolute atomic E-state index is 0.0442. The molecule has 4 nitrogen and oxygen atoms in total. The Morgan fingerprint density at radius 1 is 1.18 bits per heavy atom. The first-order valence-electron chi connectivity index (χ1n) is 9.34. The fourth-order valence-electron chi connectivity index (χ4n) is 3.94. The molecule has 0 aromatic heterocycles. The molecule has 2 heterocycles. The van der Waals surface area contributed by atoms with Crippen LogP contribution in [0.5, 0.6) is 0 Å². The second-order valence-electron chi connectivity index (χ2n) is 6.98. The molecule has 0 aliphatic carbocycles. The molecule has 0 N–H and O–H groups in total. The summed E-state index contributed by atoms with van der Waals surface area (Å²) >= 11 is 0. The number of amides is 1. The summed E-state index contributed by atoms with van der Waals surface area (Å²) in [6, 6.07) is 15.9. The van der Waals surface area contributed by atoms with E-state index in [0.717, 1.165) is 22.4 Å². The van der Waals surface area contributed by atoms with Crippen molar-refractivity contribution in [3.63, 3.8) is 0 Å². The lowest BCUT2D eigenvalue weighted by atomic mass is 9.91. The van der Waals surface area contributed by atoms with Crippen molar-refractivity contribution in [2.75, 3.05) is 26.7 Å². The molecule has 0 spiro atoms. The molecule has 0 saturated heterocycles. The smallest absolute Gasteiger partial charge is 0.271 e. The van der Waals surface area contributed by atoms with Crippen molar-refractivity contribution in [3.8, 4) is 0 Å². The molecule has 28 heavy (non-hydrogen) atoms. The molecule has 2 aliphatic rings. The van der Waals surface area contributed by atoms with E-state index in [0.29, 0.717) is 25.3 Å². The van der Waals surface area contributed by atoms with Crippen LogP contribution in [0.3, 0.4) is 0 Å². The first-order chi connectivity index (χ1) is 13.6. The van der Waals surface area contributed by atoms with Gasteiger partial charge in [0.05, 0.1) is 18.3 Å². The van der Waals surface area contributed by atoms with Crippen molar-refractivity contribution >= 4 is 11.6 Å². The van der Waals surface area contributed by atoms with Crippen LogP contribution in [0.4, 0.5) is 4.39 Å². The van der Waals surface area contributed by atoms with Crippen LogP contribution >= 0.6 is 0 Å². The summed E-state index contributed by atoms with van der Waals surface area (Å²) in [5, 5.41) is 0. The highest BCUT2D eigenvalue weighted by Crippen LogP contribution is 2.41. The lowest BCUT2D eigenvalue weighted by molar-refractivity contribution is -0.127. The number of aliphatic imine (C=N–C) groups is 1. The molecule has 0 radical (unpaired) electrons. The third kappa shape index (κ3) is 3.03. The van der Waals surface area contributed by atoms with Gasteiger partial charge in [0.2, 0.25) is 0 Å². The Morgan fingerprint density at radius 2 is 1.89 bits per heavy atom. The number of benzene rings is 2. The Bertz CT molecular complexity index is 963. The van der Waals surface area contributed by atoms with Crippen molar-refractivity contribution in [2.45, 2.75) is 6.04 Å². The van der Waals surface area contributed by atoms with Gasteiger partial charge in [-0.3, -0.25) is 9.79 Å². The summed E-state index contributed by atoms with van der Waals surface area (Å²) in [5.41, 5.74) is 4.21. The van der Waals surface area contributed by atoms with Gasteiger partial charge in [0.25, 0.3) is 5.91 Å². The van der Waals surface area contributed by atoms with Crippen molar-refractivity contribution in [1.29, 1.82) is 0 Å². The normalized spacial score (nSPS) is 19.4. The summed E-state index contributed by atoms with van der Waals surface area (Å²) < 4.78 is 13.6. The zero-order valence-electron chi connectivity index (χ0n) is 15.8. The van der Waals surface area contributed by atoms with E-state index in [-0.39, 0.29) is 17.8 Å². The topological polar surface area (TPSA) is 35.9 Å². The quantitative estimate of drug-likeness (QED) is 0.766. The molecule has 2 aromatic carbocycles. The van der Waals surface area contributed by atoms with Gasteiger partial charge in [-0.05, 0) is 17.7 Å². The van der Waals surface area contributed by atoms with E-state index in [1.807, 2.05) is 42.3 Å². The molecule has 0 bridgehead atoms. The summed E-state index contributed by atoms with van der Waals surface area (Å²) in [5.74, 6) is -0.343. The maximum absolute atomic E-state index is 13.6. The van der Waals surface area contributed by atoms with Crippen LogP contribution in [-0.4, -0.2) is 48.1 Å². The summed E-state index contributed by atoms with van der Waals surface area (Å²) in [7, 11) is 1.93. The monoisotopic (exact) mass is 375 g/mol. The first-order valence-corrected chi connectivity index (χ1v) is 9.34. The zero-order valence-corrected chi connectivity index (χ0v) is 15.8. The van der Waals surface area contributed by atoms with Gasteiger partial charge >= 0.3 is 0 Å². The fraction of sp³-hybridized carbons (Fsp3) is 0.217. The maximum Gasteiger partial charge on any atom is 0.271 e. The van der Waals surface area contributed by atoms with Crippen LogP contribution in [0.15, 0.2) is 83.5 Å². The largest absolute Gasteiger partial charge is 0.368 e. The van der Waals surface area contributed by atoms with Gasteiger partial charge in [-0.25, -0.2) is 4.39 Å². The molecule has 0 fully saturated rings. The van der Waals surface area contributed by atoms with Gasteiger partial charge in [0, 0.05) is 31.3 Å². The van der Waals surface area contributed by atoms with Crippen LogP contribution in [0.1, 0.15) is 17.2 Å². The van der Waals surface area contributed by atoms with E-state index in [9.17, 15) is 9.18 Å². The van der Waals surface area contributed by atoms with E-state index >= 15 is 0 Å². The molecule has 0 saturated carbocycles. The lowest BCUT2D eigenvalue weighted by Crippen LogP contribution is -2.34. The summed E-state index contributed by atoms with van der Waals surface area (Å²) in [6.45, 7) is 5.50. The molecule has 4 rings (SSSR count). The number of hydrogen-bond acceptors (Lipinski definition) is 3.